The molecule has 2 N–H and O–H groups in total. The third-order valence-corrected chi connectivity index (χ3v) is 4.66. The molecule has 1 atom stereocenters. The molecule has 146 valence electrons. The van der Waals surface area contributed by atoms with Crippen molar-refractivity contribution in [1.29, 1.82) is 0 Å². The number of carbonyl (C=O) groups is 2. The molecule has 1 aromatic carbocycles. The van der Waals surface area contributed by atoms with E-state index in [1.165, 1.54) is 12.1 Å². The summed E-state index contributed by atoms with van der Waals surface area (Å²) in [6.07, 6.45) is 0. The topological polar surface area (TPSA) is 102 Å². The van der Waals surface area contributed by atoms with E-state index in [0.29, 0.717) is 0 Å². The highest BCUT2D eigenvalue weighted by atomic mass is 32.2. The zero-order valence-corrected chi connectivity index (χ0v) is 16.3. The Bertz CT molecular complexity index is 757. The molecule has 1 amide bonds. The quantitative estimate of drug-likeness (QED) is 0.691. The third kappa shape index (κ3) is 6.72. The van der Waals surface area contributed by atoms with Crippen LogP contribution >= 0.6 is 0 Å². The van der Waals surface area contributed by atoms with Gasteiger partial charge in [0.05, 0.1) is 0 Å². The fourth-order valence-corrected chi connectivity index (χ4v) is 3.44. The summed E-state index contributed by atoms with van der Waals surface area (Å²) in [6.45, 7) is 7.97. The molecule has 0 aliphatic carbocycles. The molecule has 0 aromatic heterocycles. The number of hydrogen-bond donors (Lipinski definition) is 2. The fourth-order valence-electron chi connectivity index (χ4n) is 2.03. The van der Waals surface area contributed by atoms with Gasteiger partial charge in [-0.3, -0.25) is 9.59 Å². The van der Waals surface area contributed by atoms with Crippen LogP contribution in [0.5, 0.6) is 0 Å². The van der Waals surface area contributed by atoms with Crippen LogP contribution in [0.4, 0.5) is 4.39 Å². The second-order valence-corrected chi connectivity index (χ2v) is 8.86. The normalized spacial score (nSPS) is 13.3. The van der Waals surface area contributed by atoms with Gasteiger partial charge >= 0.3 is 5.97 Å². The van der Waals surface area contributed by atoms with E-state index in [4.69, 9.17) is 4.74 Å². The lowest BCUT2D eigenvalue weighted by Gasteiger charge is -2.22. The SMILES string of the molecule is CC(C)[C@H](NS(=O)(=O)c1ccccc1F)C(=O)OCC(=O)NC(C)(C)C. The molecule has 0 fully saturated rings. The lowest BCUT2D eigenvalue weighted by atomic mass is 10.1. The van der Waals surface area contributed by atoms with Crippen molar-refractivity contribution in [3.05, 3.63) is 30.1 Å². The second kappa shape index (κ2) is 8.59. The monoisotopic (exact) mass is 388 g/mol. The van der Waals surface area contributed by atoms with Gasteiger partial charge in [0.15, 0.2) is 6.61 Å². The Morgan fingerprint density at radius 1 is 1.19 bits per heavy atom. The number of sulfonamides is 1. The Morgan fingerprint density at radius 3 is 2.27 bits per heavy atom. The molecule has 1 aromatic rings. The number of carbonyl (C=O) groups excluding carboxylic acids is 2. The summed E-state index contributed by atoms with van der Waals surface area (Å²) in [7, 11) is -4.27. The van der Waals surface area contributed by atoms with Crippen molar-refractivity contribution in [2.75, 3.05) is 6.61 Å². The molecule has 1 rings (SSSR count). The lowest BCUT2D eigenvalue weighted by Crippen LogP contribution is -2.47. The van der Waals surface area contributed by atoms with Crippen molar-refractivity contribution in [2.45, 2.75) is 51.1 Å². The van der Waals surface area contributed by atoms with Gasteiger partial charge in [0.1, 0.15) is 16.8 Å². The van der Waals surface area contributed by atoms with E-state index < -0.39 is 56.7 Å². The van der Waals surface area contributed by atoms with Gasteiger partial charge in [0.25, 0.3) is 5.91 Å². The molecular formula is C17H25FN2O5S. The van der Waals surface area contributed by atoms with Crippen molar-refractivity contribution in [3.63, 3.8) is 0 Å². The molecule has 0 heterocycles. The van der Waals surface area contributed by atoms with Gasteiger partial charge in [-0.05, 0) is 38.8 Å². The van der Waals surface area contributed by atoms with E-state index in [9.17, 15) is 22.4 Å². The van der Waals surface area contributed by atoms with E-state index >= 15 is 0 Å². The van der Waals surface area contributed by atoms with E-state index in [1.807, 2.05) is 0 Å². The van der Waals surface area contributed by atoms with Gasteiger partial charge in [-0.25, -0.2) is 12.8 Å². The number of esters is 1. The average Bonchev–Trinajstić information content (AvgIpc) is 2.48. The van der Waals surface area contributed by atoms with Gasteiger partial charge in [-0.15, -0.1) is 0 Å². The summed E-state index contributed by atoms with van der Waals surface area (Å²) in [6, 6.07) is 3.57. The highest BCUT2D eigenvalue weighted by molar-refractivity contribution is 7.89. The number of rotatable bonds is 7. The average molecular weight is 388 g/mol. The highest BCUT2D eigenvalue weighted by Gasteiger charge is 2.31. The zero-order chi connectivity index (χ0) is 20.1. The molecule has 26 heavy (non-hydrogen) atoms. The number of nitrogens with one attached hydrogen (secondary N) is 2. The summed E-state index contributed by atoms with van der Waals surface area (Å²) in [5, 5.41) is 2.62. The van der Waals surface area contributed by atoms with Crippen molar-refractivity contribution < 1.29 is 27.1 Å². The predicted molar refractivity (Wildman–Crippen MR) is 94.2 cm³/mol. The maximum atomic E-state index is 13.8. The first-order chi connectivity index (χ1) is 11.8. The van der Waals surface area contributed by atoms with E-state index in [2.05, 4.69) is 10.0 Å². The van der Waals surface area contributed by atoms with Crippen LogP contribution in [0, 0.1) is 11.7 Å². The van der Waals surface area contributed by atoms with Gasteiger partial charge in [0, 0.05) is 5.54 Å². The lowest BCUT2D eigenvalue weighted by molar-refractivity contribution is -0.151. The van der Waals surface area contributed by atoms with Crippen LogP contribution in [0.1, 0.15) is 34.6 Å². The standard InChI is InChI=1S/C17H25FN2O5S/c1-11(2)15(16(22)25-10-14(21)19-17(3,4)5)20-26(23,24)13-9-7-6-8-12(13)18/h6-9,11,15,20H,10H2,1-5H3,(H,19,21)/t15-/m0/s1. The van der Waals surface area contributed by atoms with Crippen LogP contribution < -0.4 is 10.0 Å². The van der Waals surface area contributed by atoms with Crippen LogP contribution in [0.25, 0.3) is 0 Å². The van der Waals surface area contributed by atoms with E-state index in [1.54, 1.807) is 34.6 Å². The number of benzene rings is 1. The molecule has 0 radical (unpaired) electrons. The number of hydrogen-bond acceptors (Lipinski definition) is 5. The second-order valence-electron chi connectivity index (χ2n) is 7.18. The minimum absolute atomic E-state index is 0.477. The van der Waals surface area contributed by atoms with Crippen molar-refractivity contribution in [2.24, 2.45) is 5.92 Å². The van der Waals surface area contributed by atoms with E-state index in [-0.39, 0.29) is 0 Å². The van der Waals surface area contributed by atoms with Crippen molar-refractivity contribution in [3.8, 4) is 0 Å². The minimum atomic E-state index is -4.27. The summed E-state index contributed by atoms with van der Waals surface area (Å²) in [5.74, 6) is -2.83. The van der Waals surface area contributed by atoms with Crippen molar-refractivity contribution in [1.82, 2.24) is 10.0 Å². The van der Waals surface area contributed by atoms with Gasteiger partial charge in [-0.2, -0.15) is 4.72 Å². The maximum Gasteiger partial charge on any atom is 0.324 e. The maximum absolute atomic E-state index is 13.8. The molecule has 0 bridgehead atoms. The first-order valence-electron chi connectivity index (χ1n) is 8.08. The van der Waals surface area contributed by atoms with E-state index in [0.717, 1.165) is 12.1 Å². The molecule has 9 heteroatoms. The Hall–Kier alpha value is -2.00. The fraction of sp³-hybridized carbons (Fsp3) is 0.529. The van der Waals surface area contributed by atoms with Crippen LogP contribution in [-0.2, 0) is 24.3 Å². The van der Waals surface area contributed by atoms with Crippen LogP contribution in [0.2, 0.25) is 0 Å². The van der Waals surface area contributed by atoms with Gasteiger partial charge in [0.2, 0.25) is 10.0 Å². The smallest absolute Gasteiger partial charge is 0.324 e. The molecule has 0 saturated carbocycles. The number of amides is 1. The first kappa shape index (κ1) is 22.0. The van der Waals surface area contributed by atoms with Crippen LogP contribution in [-0.4, -0.2) is 38.5 Å². The Labute approximate surface area is 153 Å². The zero-order valence-electron chi connectivity index (χ0n) is 15.5. The van der Waals surface area contributed by atoms with Gasteiger partial charge < -0.3 is 10.1 Å². The molecular weight excluding hydrogens is 363 g/mol. The summed E-state index contributed by atoms with van der Waals surface area (Å²) >= 11 is 0. The number of halogens is 1. The van der Waals surface area contributed by atoms with Crippen molar-refractivity contribution >= 4 is 21.9 Å². The van der Waals surface area contributed by atoms with Gasteiger partial charge in [-0.1, -0.05) is 26.0 Å². The number of ether oxygens (including phenoxy) is 1. The first-order valence-corrected chi connectivity index (χ1v) is 9.56. The predicted octanol–water partition coefficient (Wildman–Crippen LogP) is 1.59. The summed E-state index contributed by atoms with van der Waals surface area (Å²) in [5.41, 5.74) is -0.493. The molecule has 0 aliphatic rings. The largest absolute Gasteiger partial charge is 0.454 e. The molecule has 0 unspecified atom stereocenters. The molecule has 0 spiro atoms. The molecule has 0 aliphatic heterocycles. The van der Waals surface area contributed by atoms with Crippen LogP contribution in [0.15, 0.2) is 29.2 Å². The molecule has 7 nitrogen and oxygen atoms in total. The van der Waals surface area contributed by atoms with Crippen LogP contribution in [0.3, 0.4) is 0 Å². The Morgan fingerprint density at radius 2 is 1.77 bits per heavy atom. The summed E-state index contributed by atoms with van der Waals surface area (Å²) in [4.78, 5) is 23.4. The third-order valence-electron chi connectivity index (χ3n) is 3.19. The minimum Gasteiger partial charge on any atom is -0.454 e. The highest BCUT2D eigenvalue weighted by Crippen LogP contribution is 2.16. The summed E-state index contributed by atoms with van der Waals surface area (Å²) < 4.78 is 45.5. The Balaban J connectivity index is 2.84. The molecule has 0 saturated heterocycles. The Kier molecular flexibility index (Phi) is 7.28.